The highest BCUT2D eigenvalue weighted by atomic mass is 35.5. The topological polar surface area (TPSA) is 43.4 Å². The van der Waals surface area contributed by atoms with Crippen LogP contribution in [-0.2, 0) is 14.3 Å². The zero-order valence-corrected chi connectivity index (χ0v) is 12.8. The van der Waals surface area contributed by atoms with Gasteiger partial charge in [-0.25, -0.2) is 0 Å². The minimum atomic E-state index is -0.216. The van der Waals surface area contributed by atoms with E-state index < -0.39 is 0 Å². The zero-order chi connectivity index (χ0) is 14.3. The summed E-state index contributed by atoms with van der Waals surface area (Å²) in [5.41, 5.74) is 0. The van der Waals surface area contributed by atoms with Crippen molar-refractivity contribution in [3.63, 3.8) is 0 Å². The van der Waals surface area contributed by atoms with E-state index in [2.05, 4.69) is 4.74 Å². The summed E-state index contributed by atoms with van der Waals surface area (Å²) in [4.78, 5) is 21.4. The van der Waals surface area contributed by atoms with Gasteiger partial charge in [-0.1, -0.05) is 51.4 Å². The van der Waals surface area contributed by atoms with E-state index in [9.17, 15) is 9.59 Å². The van der Waals surface area contributed by atoms with Gasteiger partial charge in [-0.05, 0) is 24.4 Å². The number of hydrogen-bond acceptors (Lipinski definition) is 3. The third kappa shape index (κ3) is 15.4. The Morgan fingerprint density at radius 1 is 0.737 bits per heavy atom. The maximum absolute atomic E-state index is 10.9. The molecule has 0 radical (unpaired) electrons. The summed E-state index contributed by atoms with van der Waals surface area (Å²) in [6.45, 7) is 0. The number of carbonyl (C=O) groups is 2. The van der Waals surface area contributed by atoms with Gasteiger partial charge in [0.05, 0.1) is 7.11 Å². The Labute approximate surface area is 122 Å². The summed E-state index contributed by atoms with van der Waals surface area (Å²) in [7, 11) is 1.44. The fourth-order valence-corrected chi connectivity index (χ4v) is 2.18. The SMILES string of the molecule is COC(=O)CCCCCCCCCCCCC(=O)Cl. The highest BCUT2D eigenvalue weighted by Crippen LogP contribution is 2.12. The summed E-state index contributed by atoms with van der Waals surface area (Å²) >= 11 is 5.26. The van der Waals surface area contributed by atoms with Crippen LogP contribution in [0.1, 0.15) is 77.0 Å². The lowest BCUT2D eigenvalue weighted by molar-refractivity contribution is -0.140. The van der Waals surface area contributed by atoms with Crippen LogP contribution >= 0.6 is 11.6 Å². The summed E-state index contributed by atoms with van der Waals surface area (Å²) in [5.74, 6) is -0.101. The minimum absolute atomic E-state index is 0.101. The van der Waals surface area contributed by atoms with Crippen molar-refractivity contribution in [3.8, 4) is 0 Å². The fourth-order valence-electron chi connectivity index (χ4n) is 2.05. The molecule has 0 rings (SSSR count). The molecule has 0 aromatic rings. The maximum Gasteiger partial charge on any atom is 0.305 e. The smallest absolute Gasteiger partial charge is 0.305 e. The molecule has 3 nitrogen and oxygen atoms in total. The number of unbranched alkanes of at least 4 members (excludes halogenated alkanes) is 9. The molecule has 0 saturated heterocycles. The van der Waals surface area contributed by atoms with Gasteiger partial charge in [-0.3, -0.25) is 9.59 Å². The fraction of sp³-hybridized carbons (Fsp3) is 0.867. The first-order valence-corrected chi connectivity index (χ1v) is 7.79. The zero-order valence-electron chi connectivity index (χ0n) is 12.1. The van der Waals surface area contributed by atoms with Crippen LogP contribution in [0.25, 0.3) is 0 Å². The standard InChI is InChI=1S/C15H27ClO3/c1-19-15(18)13-11-9-7-5-3-2-4-6-8-10-12-14(16)17/h2-13H2,1H3. The highest BCUT2D eigenvalue weighted by Gasteiger charge is 1.99. The molecule has 0 heterocycles. The lowest BCUT2D eigenvalue weighted by Gasteiger charge is -2.02. The molecule has 0 unspecified atom stereocenters. The second-order valence-electron chi connectivity index (χ2n) is 4.97. The lowest BCUT2D eigenvalue weighted by Crippen LogP contribution is -1.99. The predicted octanol–water partition coefficient (Wildman–Crippen LogP) is 4.61. The average molecular weight is 291 g/mol. The second kappa shape index (κ2) is 13.9. The molecule has 0 saturated carbocycles. The van der Waals surface area contributed by atoms with E-state index in [-0.39, 0.29) is 11.2 Å². The number of hydrogen-bond donors (Lipinski definition) is 0. The van der Waals surface area contributed by atoms with Gasteiger partial charge in [0.2, 0.25) is 5.24 Å². The van der Waals surface area contributed by atoms with Crippen LogP contribution in [-0.4, -0.2) is 18.3 Å². The molecule has 0 atom stereocenters. The maximum atomic E-state index is 10.9. The van der Waals surface area contributed by atoms with Gasteiger partial charge in [0.15, 0.2) is 0 Å². The molecule has 19 heavy (non-hydrogen) atoms. The van der Waals surface area contributed by atoms with Gasteiger partial charge in [0, 0.05) is 12.8 Å². The average Bonchev–Trinajstić information content (AvgIpc) is 2.39. The summed E-state index contributed by atoms with van der Waals surface area (Å²) < 4.78 is 4.59. The van der Waals surface area contributed by atoms with Gasteiger partial charge in [-0.2, -0.15) is 0 Å². The third-order valence-electron chi connectivity index (χ3n) is 3.23. The van der Waals surface area contributed by atoms with E-state index in [1.807, 2.05) is 0 Å². The van der Waals surface area contributed by atoms with Crippen molar-refractivity contribution < 1.29 is 14.3 Å². The molecule has 4 heteroatoms. The van der Waals surface area contributed by atoms with Crippen LogP contribution in [0.3, 0.4) is 0 Å². The van der Waals surface area contributed by atoms with Crippen molar-refractivity contribution in [2.45, 2.75) is 77.0 Å². The van der Waals surface area contributed by atoms with Gasteiger partial charge in [0.1, 0.15) is 0 Å². The number of ether oxygens (including phenoxy) is 1. The Balaban J connectivity index is 3.03. The first-order valence-electron chi connectivity index (χ1n) is 7.42. The molecule has 0 spiro atoms. The molecule has 0 aromatic heterocycles. The number of rotatable bonds is 13. The van der Waals surface area contributed by atoms with Crippen molar-refractivity contribution >= 4 is 22.8 Å². The molecule has 0 fully saturated rings. The Morgan fingerprint density at radius 2 is 1.11 bits per heavy atom. The van der Waals surface area contributed by atoms with Crippen LogP contribution in [0.15, 0.2) is 0 Å². The van der Waals surface area contributed by atoms with Crippen molar-refractivity contribution in [1.29, 1.82) is 0 Å². The van der Waals surface area contributed by atoms with E-state index in [0.29, 0.717) is 12.8 Å². The van der Waals surface area contributed by atoms with Gasteiger partial charge >= 0.3 is 5.97 Å². The molecule has 0 amide bonds. The molecule has 0 aliphatic carbocycles. The van der Waals surface area contributed by atoms with Crippen molar-refractivity contribution in [3.05, 3.63) is 0 Å². The quantitative estimate of drug-likeness (QED) is 0.283. The Bertz CT molecular complexity index is 242. The van der Waals surface area contributed by atoms with E-state index in [1.165, 1.54) is 45.6 Å². The monoisotopic (exact) mass is 290 g/mol. The summed E-state index contributed by atoms with van der Waals surface area (Å²) in [5, 5.41) is -0.216. The Hall–Kier alpha value is -0.570. The molecular formula is C15H27ClO3. The van der Waals surface area contributed by atoms with E-state index >= 15 is 0 Å². The summed E-state index contributed by atoms with van der Waals surface area (Å²) in [6, 6.07) is 0. The van der Waals surface area contributed by atoms with E-state index in [4.69, 9.17) is 11.6 Å². The Kier molecular flexibility index (Phi) is 13.4. The molecule has 0 N–H and O–H groups in total. The van der Waals surface area contributed by atoms with Gasteiger partial charge in [0.25, 0.3) is 0 Å². The first-order chi connectivity index (χ1) is 9.16. The molecule has 0 aliphatic rings. The second-order valence-corrected chi connectivity index (χ2v) is 5.39. The molecule has 0 aliphatic heterocycles. The van der Waals surface area contributed by atoms with Crippen LogP contribution in [0.4, 0.5) is 0 Å². The Morgan fingerprint density at radius 3 is 1.47 bits per heavy atom. The van der Waals surface area contributed by atoms with Crippen molar-refractivity contribution in [2.75, 3.05) is 7.11 Å². The lowest BCUT2D eigenvalue weighted by atomic mass is 10.1. The highest BCUT2D eigenvalue weighted by molar-refractivity contribution is 6.63. The van der Waals surface area contributed by atoms with Crippen LogP contribution in [0, 0.1) is 0 Å². The van der Waals surface area contributed by atoms with E-state index in [0.717, 1.165) is 25.7 Å². The minimum Gasteiger partial charge on any atom is -0.469 e. The van der Waals surface area contributed by atoms with Crippen LogP contribution < -0.4 is 0 Å². The predicted molar refractivity (Wildman–Crippen MR) is 78.3 cm³/mol. The molecule has 112 valence electrons. The van der Waals surface area contributed by atoms with Crippen LogP contribution in [0.5, 0.6) is 0 Å². The normalized spacial score (nSPS) is 10.4. The number of carbonyl (C=O) groups excluding carboxylic acids is 2. The van der Waals surface area contributed by atoms with E-state index in [1.54, 1.807) is 0 Å². The molecular weight excluding hydrogens is 264 g/mol. The first kappa shape index (κ1) is 18.4. The van der Waals surface area contributed by atoms with Gasteiger partial charge < -0.3 is 4.74 Å². The van der Waals surface area contributed by atoms with Crippen LogP contribution in [0.2, 0.25) is 0 Å². The summed E-state index contributed by atoms with van der Waals surface area (Å²) in [6.07, 6.45) is 12.6. The largest absolute Gasteiger partial charge is 0.469 e. The number of halogens is 1. The van der Waals surface area contributed by atoms with Crippen molar-refractivity contribution in [2.24, 2.45) is 0 Å². The molecule has 0 bridgehead atoms. The van der Waals surface area contributed by atoms with Gasteiger partial charge in [-0.15, -0.1) is 0 Å². The molecule has 0 aromatic carbocycles. The van der Waals surface area contributed by atoms with Crippen molar-refractivity contribution in [1.82, 2.24) is 0 Å². The number of methoxy groups -OCH3 is 1. The third-order valence-corrected chi connectivity index (χ3v) is 3.42. The number of esters is 1.